The molecule has 2 heterocycles. The van der Waals surface area contributed by atoms with Crippen molar-refractivity contribution in [3.63, 3.8) is 0 Å². The zero-order valence-corrected chi connectivity index (χ0v) is 22.2. The largest absolute Gasteiger partial charge is 0.357 e. The fourth-order valence-electron chi connectivity index (χ4n) is 3.59. The van der Waals surface area contributed by atoms with Gasteiger partial charge in [-0.3, -0.25) is 9.89 Å². The highest BCUT2D eigenvalue weighted by Gasteiger charge is 2.20. The fourth-order valence-corrected chi connectivity index (χ4v) is 4.88. The molecular formula is C22H33IN4O2S2. The SMILES string of the molecule is CCNC(=NCCc1ccc(S(C)(=O)=O)cc1)NC1CCN(Cc2ccsc2)CC1.I. The molecule has 0 bridgehead atoms. The number of guanidine groups is 1. The Bertz CT molecular complexity index is 907. The predicted octanol–water partition coefficient (Wildman–Crippen LogP) is 3.53. The van der Waals surface area contributed by atoms with Crippen LogP contribution in [0, 0.1) is 0 Å². The van der Waals surface area contributed by atoms with E-state index in [1.807, 2.05) is 12.1 Å². The molecule has 1 fully saturated rings. The van der Waals surface area contributed by atoms with E-state index in [0.717, 1.165) is 57.0 Å². The number of benzene rings is 1. The number of piperidine rings is 1. The number of rotatable bonds is 8. The van der Waals surface area contributed by atoms with Gasteiger partial charge in [0.05, 0.1) is 4.90 Å². The summed E-state index contributed by atoms with van der Waals surface area (Å²) in [7, 11) is -3.15. The van der Waals surface area contributed by atoms with Gasteiger partial charge < -0.3 is 10.6 Å². The van der Waals surface area contributed by atoms with Gasteiger partial charge in [-0.1, -0.05) is 12.1 Å². The second-order valence-electron chi connectivity index (χ2n) is 7.75. The fraction of sp³-hybridized carbons (Fsp3) is 0.500. The number of halogens is 1. The van der Waals surface area contributed by atoms with Crippen molar-refractivity contribution in [2.45, 2.75) is 43.7 Å². The summed E-state index contributed by atoms with van der Waals surface area (Å²) < 4.78 is 23.1. The zero-order chi connectivity index (χ0) is 21.4. The van der Waals surface area contributed by atoms with Gasteiger partial charge in [-0.15, -0.1) is 24.0 Å². The van der Waals surface area contributed by atoms with Crippen LogP contribution in [0.1, 0.15) is 30.9 Å². The van der Waals surface area contributed by atoms with Crippen molar-refractivity contribution >= 4 is 51.1 Å². The third-order valence-corrected chi connectivity index (χ3v) is 7.14. The van der Waals surface area contributed by atoms with E-state index in [1.165, 1.54) is 11.8 Å². The lowest BCUT2D eigenvalue weighted by Crippen LogP contribution is -2.48. The van der Waals surface area contributed by atoms with Crippen LogP contribution >= 0.6 is 35.3 Å². The third-order valence-electron chi connectivity index (χ3n) is 5.28. The molecule has 2 aromatic rings. The standard InChI is InChI=1S/C22H32N4O2S2.HI/c1-3-23-22(24-12-8-18-4-6-21(7-5-18)30(2,27)28)25-20-9-13-26(14-10-20)16-19-11-15-29-17-19;/h4-7,11,15,17,20H,3,8-10,12-14,16H2,1-2H3,(H2,23,24,25);1H. The molecule has 0 amide bonds. The number of hydrogen-bond acceptors (Lipinski definition) is 5. The highest BCUT2D eigenvalue weighted by Crippen LogP contribution is 2.15. The molecule has 31 heavy (non-hydrogen) atoms. The molecule has 2 N–H and O–H groups in total. The van der Waals surface area contributed by atoms with Gasteiger partial charge in [0.1, 0.15) is 0 Å². The molecule has 1 aliphatic heterocycles. The number of nitrogens with zero attached hydrogens (tertiary/aromatic N) is 2. The van der Waals surface area contributed by atoms with Crippen molar-refractivity contribution in [2.75, 3.05) is 32.4 Å². The van der Waals surface area contributed by atoms with E-state index in [-0.39, 0.29) is 24.0 Å². The highest BCUT2D eigenvalue weighted by atomic mass is 127. The van der Waals surface area contributed by atoms with Crippen molar-refractivity contribution < 1.29 is 8.42 Å². The zero-order valence-electron chi connectivity index (χ0n) is 18.2. The van der Waals surface area contributed by atoms with Crippen LogP contribution in [0.3, 0.4) is 0 Å². The smallest absolute Gasteiger partial charge is 0.191 e. The summed E-state index contributed by atoms with van der Waals surface area (Å²) in [6.45, 7) is 6.79. The molecule has 1 aliphatic rings. The molecule has 1 saturated heterocycles. The molecule has 0 saturated carbocycles. The van der Waals surface area contributed by atoms with Crippen LogP contribution in [-0.4, -0.2) is 57.8 Å². The van der Waals surface area contributed by atoms with Crippen LogP contribution in [0.2, 0.25) is 0 Å². The normalized spacial score (nSPS) is 16.0. The highest BCUT2D eigenvalue weighted by molar-refractivity contribution is 14.0. The lowest BCUT2D eigenvalue weighted by molar-refractivity contribution is 0.198. The predicted molar refractivity (Wildman–Crippen MR) is 140 cm³/mol. The summed E-state index contributed by atoms with van der Waals surface area (Å²) in [5.41, 5.74) is 2.50. The Morgan fingerprint density at radius 1 is 1.16 bits per heavy atom. The van der Waals surface area contributed by atoms with Crippen LogP contribution in [0.15, 0.2) is 51.0 Å². The first-order chi connectivity index (χ1) is 14.4. The van der Waals surface area contributed by atoms with Crippen molar-refractivity contribution in [1.82, 2.24) is 15.5 Å². The molecule has 172 valence electrons. The second kappa shape index (κ2) is 12.8. The summed E-state index contributed by atoms with van der Waals surface area (Å²) in [6, 6.07) is 9.73. The molecule has 3 rings (SSSR count). The number of sulfone groups is 1. The monoisotopic (exact) mass is 576 g/mol. The Balaban J connectivity index is 0.00000341. The molecule has 0 atom stereocenters. The van der Waals surface area contributed by atoms with Crippen molar-refractivity contribution in [3.8, 4) is 0 Å². The number of nitrogens with one attached hydrogen (secondary N) is 2. The van der Waals surface area contributed by atoms with Gasteiger partial charge in [0.15, 0.2) is 15.8 Å². The molecule has 0 radical (unpaired) electrons. The van der Waals surface area contributed by atoms with E-state index in [4.69, 9.17) is 4.99 Å². The lowest BCUT2D eigenvalue weighted by Gasteiger charge is -2.33. The summed E-state index contributed by atoms with van der Waals surface area (Å²) >= 11 is 1.76. The van der Waals surface area contributed by atoms with E-state index in [1.54, 1.807) is 23.5 Å². The Hall–Kier alpha value is -1.17. The van der Waals surface area contributed by atoms with E-state index < -0.39 is 9.84 Å². The number of likely N-dealkylation sites (tertiary alicyclic amines) is 1. The first-order valence-electron chi connectivity index (χ1n) is 10.5. The molecular weight excluding hydrogens is 543 g/mol. The van der Waals surface area contributed by atoms with Crippen LogP contribution < -0.4 is 10.6 Å². The van der Waals surface area contributed by atoms with Gasteiger partial charge in [-0.05, 0) is 66.3 Å². The minimum absolute atomic E-state index is 0. The van der Waals surface area contributed by atoms with Crippen LogP contribution in [-0.2, 0) is 22.8 Å². The Morgan fingerprint density at radius 2 is 1.87 bits per heavy atom. The first-order valence-corrected chi connectivity index (χ1v) is 13.3. The van der Waals surface area contributed by atoms with Crippen molar-refractivity contribution in [2.24, 2.45) is 4.99 Å². The van der Waals surface area contributed by atoms with Crippen LogP contribution in [0.4, 0.5) is 0 Å². The topological polar surface area (TPSA) is 73.8 Å². The van der Waals surface area contributed by atoms with Crippen molar-refractivity contribution in [1.29, 1.82) is 0 Å². The maximum absolute atomic E-state index is 11.6. The van der Waals surface area contributed by atoms with E-state index in [0.29, 0.717) is 17.5 Å². The minimum Gasteiger partial charge on any atom is -0.357 e. The molecule has 0 spiro atoms. The first kappa shape index (κ1) is 26.1. The molecule has 0 aliphatic carbocycles. The molecule has 1 aromatic carbocycles. The molecule has 1 aromatic heterocycles. The minimum atomic E-state index is -3.15. The maximum Gasteiger partial charge on any atom is 0.191 e. The average molecular weight is 577 g/mol. The molecule has 9 heteroatoms. The van der Waals surface area contributed by atoms with E-state index in [2.05, 4.69) is 39.3 Å². The summed E-state index contributed by atoms with van der Waals surface area (Å²) in [5, 5.41) is 11.3. The quantitative estimate of drug-likeness (QED) is 0.286. The lowest BCUT2D eigenvalue weighted by atomic mass is 10.0. The maximum atomic E-state index is 11.6. The van der Waals surface area contributed by atoms with Gasteiger partial charge in [-0.2, -0.15) is 11.3 Å². The van der Waals surface area contributed by atoms with Gasteiger partial charge in [-0.25, -0.2) is 8.42 Å². The number of aliphatic imine (C=N–C) groups is 1. The van der Waals surface area contributed by atoms with E-state index >= 15 is 0 Å². The average Bonchev–Trinajstić information content (AvgIpc) is 3.22. The molecule has 0 unspecified atom stereocenters. The summed E-state index contributed by atoms with van der Waals surface area (Å²) in [5.74, 6) is 0.863. The molecule has 6 nitrogen and oxygen atoms in total. The van der Waals surface area contributed by atoms with Gasteiger partial charge in [0.2, 0.25) is 0 Å². The van der Waals surface area contributed by atoms with Crippen LogP contribution in [0.25, 0.3) is 0 Å². The van der Waals surface area contributed by atoms with Crippen LogP contribution in [0.5, 0.6) is 0 Å². The number of hydrogen-bond donors (Lipinski definition) is 2. The Labute approximate surface area is 207 Å². The van der Waals surface area contributed by atoms with Gasteiger partial charge in [0.25, 0.3) is 0 Å². The summed E-state index contributed by atoms with van der Waals surface area (Å²) in [6.07, 6.45) is 4.23. The Morgan fingerprint density at radius 3 is 2.45 bits per heavy atom. The third kappa shape index (κ3) is 8.70. The van der Waals surface area contributed by atoms with E-state index in [9.17, 15) is 8.42 Å². The van der Waals surface area contributed by atoms with Gasteiger partial charge >= 0.3 is 0 Å². The second-order valence-corrected chi connectivity index (χ2v) is 10.5. The Kier molecular flexibility index (Phi) is 10.7. The summed E-state index contributed by atoms with van der Waals surface area (Å²) in [4.78, 5) is 7.59. The van der Waals surface area contributed by atoms with Gasteiger partial charge in [0, 0.05) is 45.0 Å². The number of thiophene rings is 1. The van der Waals surface area contributed by atoms with Crippen molar-refractivity contribution in [3.05, 3.63) is 52.2 Å².